The maximum absolute atomic E-state index is 13.2. The van der Waals surface area contributed by atoms with Gasteiger partial charge in [-0.05, 0) is 62.0 Å². The highest BCUT2D eigenvalue weighted by Gasteiger charge is 2.35. The summed E-state index contributed by atoms with van der Waals surface area (Å²) in [5.41, 5.74) is 11.7. The zero-order valence-corrected chi connectivity index (χ0v) is 24.8. The zero-order valence-electron chi connectivity index (χ0n) is 24.0. The van der Waals surface area contributed by atoms with E-state index in [1.54, 1.807) is 36.4 Å². The van der Waals surface area contributed by atoms with Crippen molar-refractivity contribution in [2.24, 2.45) is 11.5 Å². The van der Waals surface area contributed by atoms with E-state index in [1.165, 1.54) is 37.7 Å². The van der Waals surface area contributed by atoms with Crippen LogP contribution in [0.3, 0.4) is 0 Å². The molecule has 12 nitrogen and oxygen atoms in total. The summed E-state index contributed by atoms with van der Waals surface area (Å²) in [5, 5.41) is 19.6. The molecule has 228 valence electrons. The SMILES string of the molecule is CSCC[C@](C)(NC(=O)[C@H](Cc1ccccc1)NC(=O)CNC(=O)[C@@H](C)NC(=O)[C@@H](N)Cc1ccc(O)cc1)C(N)=O. The van der Waals surface area contributed by atoms with Gasteiger partial charge in [0.05, 0.1) is 12.6 Å². The number of hydrogen-bond donors (Lipinski definition) is 7. The molecule has 0 aliphatic carbocycles. The summed E-state index contributed by atoms with van der Waals surface area (Å²) in [6.45, 7) is 2.53. The molecule has 2 aromatic rings. The van der Waals surface area contributed by atoms with Crippen molar-refractivity contribution >= 4 is 41.3 Å². The Labute approximate surface area is 249 Å². The fourth-order valence-corrected chi connectivity index (χ4v) is 4.51. The minimum atomic E-state index is -1.31. The molecule has 0 bridgehead atoms. The lowest BCUT2D eigenvalue weighted by atomic mass is 9.96. The maximum Gasteiger partial charge on any atom is 0.243 e. The Morgan fingerprint density at radius 3 is 2.12 bits per heavy atom. The summed E-state index contributed by atoms with van der Waals surface area (Å²) >= 11 is 1.50. The summed E-state index contributed by atoms with van der Waals surface area (Å²) in [6.07, 6.45) is 2.50. The number of carbonyl (C=O) groups is 5. The lowest BCUT2D eigenvalue weighted by Gasteiger charge is -2.30. The van der Waals surface area contributed by atoms with E-state index in [2.05, 4.69) is 21.3 Å². The van der Waals surface area contributed by atoms with E-state index in [9.17, 15) is 29.1 Å². The molecule has 0 saturated heterocycles. The van der Waals surface area contributed by atoms with Crippen LogP contribution >= 0.6 is 11.8 Å². The second kappa shape index (κ2) is 16.4. The van der Waals surface area contributed by atoms with Crippen LogP contribution in [-0.4, -0.2) is 76.9 Å². The predicted octanol–water partition coefficient (Wildman–Crippen LogP) is -0.276. The van der Waals surface area contributed by atoms with Crippen molar-refractivity contribution in [3.8, 4) is 5.75 Å². The number of amides is 5. The number of phenolic OH excluding ortho intramolecular Hbond substituents is 1. The van der Waals surface area contributed by atoms with Crippen molar-refractivity contribution in [1.29, 1.82) is 0 Å². The summed E-state index contributed by atoms with van der Waals surface area (Å²) in [6, 6.07) is 12.3. The molecule has 0 aromatic heterocycles. The molecule has 0 saturated carbocycles. The first-order valence-corrected chi connectivity index (χ1v) is 14.8. The highest BCUT2D eigenvalue weighted by atomic mass is 32.2. The average Bonchev–Trinajstić information content (AvgIpc) is 2.95. The second-order valence-electron chi connectivity index (χ2n) is 10.2. The summed E-state index contributed by atoms with van der Waals surface area (Å²) in [4.78, 5) is 63.2. The van der Waals surface area contributed by atoms with Gasteiger partial charge in [0.25, 0.3) is 0 Å². The third-order valence-corrected chi connectivity index (χ3v) is 7.20. The van der Waals surface area contributed by atoms with E-state index < -0.39 is 59.7 Å². The summed E-state index contributed by atoms with van der Waals surface area (Å²) in [7, 11) is 0. The van der Waals surface area contributed by atoms with E-state index >= 15 is 0 Å². The number of benzene rings is 2. The van der Waals surface area contributed by atoms with Crippen molar-refractivity contribution in [3.05, 3.63) is 65.7 Å². The zero-order chi connectivity index (χ0) is 31.3. The van der Waals surface area contributed by atoms with Gasteiger partial charge in [-0.3, -0.25) is 24.0 Å². The van der Waals surface area contributed by atoms with Crippen LogP contribution in [0.25, 0.3) is 0 Å². The van der Waals surface area contributed by atoms with Crippen LogP contribution in [0.2, 0.25) is 0 Å². The van der Waals surface area contributed by atoms with Crippen molar-refractivity contribution in [3.63, 3.8) is 0 Å². The van der Waals surface area contributed by atoms with Gasteiger partial charge in [-0.2, -0.15) is 11.8 Å². The van der Waals surface area contributed by atoms with Crippen LogP contribution in [0.4, 0.5) is 0 Å². The molecule has 0 fully saturated rings. The molecular formula is C29H40N6O6S. The number of phenols is 1. The number of nitrogens with one attached hydrogen (secondary N) is 4. The van der Waals surface area contributed by atoms with Crippen LogP contribution < -0.4 is 32.7 Å². The number of rotatable bonds is 16. The Balaban J connectivity index is 1.97. The Bertz CT molecular complexity index is 1230. The molecule has 0 unspecified atom stereocenters. The van der Waals surface area contributed by atoms with Crippen molar-refractivity contribution in [1.82, 2.24) is 21.3 Å². The fraction of sp³-hybridized carbons (Fsp3) is 0.414. The van der Waals surface area contributed by atoms with Crippen LogP contribution in [-0.2, 0) is 36.8 Å². The third kappa shape index (κ3) is 11.1. The highest BCUT2D eigenvalue weighted by molar-refractivity contribution is 7.98. The maximum atomic E-state index is 13.2. The normalized spacial score (nSPS) is 14.4. The lowest BCUT2D eigenvalue weighted by Crippen LogP contribution is -2.61. The van der Waals surface area contributed by atoms with Gasteiger partial charge >= 0.3 is 0 Å². The van der Waals surface area contributed by atoms with Crippen molar-refractivity contribution in [2.75, 3.05) is 18.6 Å². The number of aromatic hydroxyl groups is 1. The van der Waals surface area contributed by atoms with E-state index in [1.807, 2.05) is 12.3 Å². The van der Waals surface area contributed by atoms with E-state index in [0.29, 0.717) is 12.2 Å². The van der Waals surface area contributed by atoms with Gasteiger partial charge < -0.3 is 37.8 Å². The number of carbonyl (C=O) groups excluding carboxylic acids is 5. The van der Waals surface area contributed by atoms with Gasteiger partial charge in [0.2, 0.25) is 29.5 Å². The van der Waals surface area contributed by atoms with Gasteiger partial charge in [0.1, 0.15) is 23.4 Å². The monoisotopic (exact) mass is 600 g/mol. The molecule has 4 atom stereocenters. The standard InChI is InChI=1S/C29H40N6O6S/c1-18(33-26(39)22(30)15-20-9-11-21(36)12-10-20)25(38)32-17-24(37)34-23(16-19-7-5-4-6-8-19)27(40)35-29(2,28(31)41)13-14-42-3/h4-12,18,22-23,36H,13-17,30H2,1-3H3,(H2,31,41)(H,32,38)(H,33,39)(H,34,37)(H,35,40)/t18-,22+,23+,29+/m1/s1. The molecule has 0 heterocycles. The molecular weight excluding hydrogens is 560 g/mol. The van der Waals surface area contributed by atoms with Gasteiger partial charge in [0, 0.05) is 6.42 Å². The number of nitrogens with two attached hydrogens (primary N) is 2. The van der Waals surface area contributed by atoms with Crippen LogP contribution in [0.15, 0.2) is 54.6 Å². The Morgan fingerprint density at radius 2 is 1.52 bits per heavy atom. The summed E-state index contributed by atoms with van der Waals surface area (Å²) in [5.74, 6) is -2.45. The van der Waals surface area contributed by atoms with Crippen LogP contribution in [0, 0.1) is 0 Å². The molecule has 2 rings (SSSR count). The molecule has 5 amide bonds. The van der Waals surface area contributed by atoms with E-state index in [-0.39, 0.29) is 18.6 Å². The van der Waals surface area contributed by atoms with E-state index in [0.717, 1.165) is 11.1 Å². The molecule has 0 spiro atoms. The molecule has 13 heteroatoms. The minimum Gasteiger partial charge on any atom is -0.508 e. The topological polar surface area (TPSA) is 206 Å². The largest absolute Gasteiger partial charge is 0.508 e. The molecule has 2 aromatic carbocycles. The molecule has 42 heavy (non-hydrogen) atoms. The lowest BCUT2D eigenvalue weighted by molar-refractivity contribution is -0.134. The molecule has 0 aliphatic rings. The van der Waals surface area contributed by atoms with Gasteiger partial charge in [-0.15, -0.1) is 0 Å². The smallest absolute Gasteiger partial charge is 0.243 e. The molecule has 0 aliphatic heterocycles. The highest BCUT2D eigenvalue weighted by Crippen LogP contribution is 2.14. The number of hydrogen-bond acceptors (Lipinski definition) is 8. The molecule has 9 N–H and O–H groups in total. The number of primary amides is 1. The first-order valence-electron chi connectivity index (χ1n) is 13.4. The quantitative estimate of drug-likeness (QED) is 0.136. The third-order valence-electron chi connectivity index (χ3n) is 6.59. The van der Waals surface area contributed by atoms with Gasteiger partial charge in [0.15, 0.2) is 0 Å². The summed E-state index contributed by atoms with van der Waals surface area (Å²) < 4.78 is 0. The fourth-order valence-electron chi connectivity index (χ4n) is 3.90. The second-order valence-corrected chi connectivity index (χ2v) is 11.1. The van der Waals surface area contributed by atoms with Crippen LogP contribution in [0.1, 0.15) is 31.4 Å². The first kappa shape index (κ1) is 34.1. The van der Waals surface area contributed by atoms with Crippen molar-refractivity contribution in [2.45, 2.75) is 56.8 Å². The average molecular weight is 601 g/mol. The Morgan fingerprint density at radius 1 is 0.905 bits per heavy atom. The number of thioether (sulfide) groups is 1. The van der Waals surface area contributed by atoms with Gasteiger partial charge in [-0.25, -0.2) is 0 Å². The van der Waals surface area contributed by atoms with Crippen molar-refractivity contribution < 1.29 is 29.1 Å². The Kier molecular flexibility index (Phi) is 13.3. The van der Waals surface area contributed by atoms with Gasteiger partial charge in [-0.1, -0.05) is 42.5 Å². The molecule has 0 radical (unpaired) electrons. The predicted molar refractivity (Wildman–Crippen MR) is 161 cm³/mol. The minimum absolute atomic E-state index is 0.0911. The van der Waals surface area contributed by atoms with Crippen LogP contribution in [0.5, 0.6) is 5.75 Å². The van der Waals surface area contributed by atoms with E-state index in [4.69, 9.17) is 11.5 Å². The first-order chi connectivity index (χ1) is 19.8. The Hall–Kier alpha value is -4.10.